The Morgan fingerprint density at radius 3 is 2.80 bits per heavy atom. The number of nitrogens with zero attached hydrogens (tertiary/aromatic N) is 4. The van der Waals surface area contributed by atoms with Gasteiger partial charge in [0.2, 0.25) is 0 Å². The lowest BCUT2D eigenvalue weighted by Gasteiger charge is -2.34. The van der Waals surface area contributed by atoms with Gasteiger partial charge in [-0.05, 0) is 80.5 Å². The molecule has 7 nitrogen and oxygen atoms in total. The summed E-state index contributed by atoms with van der Waals surface area (Å²) in [6.45, 7) is 10.3. The van der Waals surface area contributed by atoms with E-state index in [1.54, 1.807) is 4.68 Å². The summed E-state index contributed by atoms with van der Waals surface area (Å²) in [5.74, 6) is 0.616. The minimum absolute atomic E-state index is 0.146. The van der Waals surface area contributed by atoms with Crippen molar-refractivity contribution in [3.05, 3.63) is 81.9 Å². The molecule has 2 unspecified atom stereocenters. The first kappa shape index (κ1) is 27.7. The second kappa shape index (κ2) is 10.7. The average Bonchev–Trinajstić information content (AvgIpc) is 3.49. The third kappa shape index (κ3) is 5.31. The van der Waals surface area contributed by atoms with Gasteiger partial charge in [-0.1, -0.05) is 46.8 Å². The zero-order valence-corrected chi connectivity index (χ0v) is 25.5. The lowest BCUT2D eigenvalue weighted by atomic mass is 9.84. The molecule has 6 rings (SSSR count). The molecule has 1 aromatic heterocycles. The van der Waals surface area contributed by atoms with Gasteiger partial charge in [0.05, 0.1) is 28.8 Å². The fourth-order valence-corrected chi connectivity index (χ4v) is 6.99. The van der Waals surface area contributed by atoms with Crippen molar-refractivity contribution in [3.8, 4) is 5.75 Å². The van der Waals surface area contributed by atoms with Crippen LogP contribution < -0.4 is 9.92 Å². The number of carbonyl (C=O) groups excluding carboxylic acids is 1. The molecule has 0 amide bonds. The van der Waals surface area contributed by atoms with Gasteiger partial charge in [-0.15, -0.1) is 5.10 Å². The van der Waals surface area contributed by atoms with Gasteiger partial charge < -0.3 is 9.47 Å². The van der Waals surface area contributed by atoms with E-state index in [0.717, 1.165) is 64.6 Å². The van der Waals surface area contributed by atoms with Gasteiger partial charge in [0.15, 0.2) is 0 Å². The highest BCUT2D eigenvalue weighted by Gasteiger charge is 2.36. The van der Waals surface area contributed by atoms with Crippen molar-refractivity contribution < 1.29 is 14.3 Å². The average molecular weight is 566 g/mol. The van der Waals surface area contributed by atoms with Crippen LogP contribution in [0.4, 0.5) is 0 Å². The molecule has 2 aliphatic rings. The van der Waals surface area contributed by atoms with Crippen LogP contribution in [0.25, 0.3) is 11.0 Å². The van der Waals surface area contributed by atoms with Crippen LogP contribution in [0.15, 0.2) is 48.5 Å². The molecule has 211 valence electrons. The third-order valence-electron chi connectivity index (χ3n) is 8.59. The number of rotatable bonds is 6. The maximum Gasteiger partial charge on any atom is 0.306 e. The number of aryl methyl sites for hydroxylation is 3. The van der Waals surface area contributed by atoms with Crippen molar-refractivity contribution in [1.82, 2.24) is 19.9 Å². The lowest BCUT2D eigenvalue weighted by Crippen LogP contribution is -2.41. The van der Waals surface area contributed by atoms with Crippen molar-refractivity contribution >= 4 is 32.4 Å². The Bertz CT molecular complexity index is 1630. The first-order valence-electron chi connectivity index (χ1n) is 14.5. The fourth-order valence-electron chi connectivity index (χ4n) is 6.73. The smallest absolute Gasteiger partial charge is 0.306 e. The highest BCUT2D eigenvalue weighted by molar-refractivity contribution is 6.32. The number of ether oxygens (including phenoxy) is 2. The quantitative estimate of drug-likeness (QED) is 0.247. The Hall–Kier alpha value is -3.49. The van der Waals surface area contributed by atoms with E-state index < -0.39 is 0 Å². The lowest BCUT2D eigenvalue weighted by molar-refractivity contribution is -0.143. The van der Waals surface area contributed by atoms with Crippen molar-refractivity contribution in [2.75, 3.05) is 13.2 Å². The van der Waals surface area contributed by atoms with Gasteiger partial charge in [-0.25, -0.2) is 4.68 Å². The van der Waals surface area contributed by atoms with Crippen molar-refractivity contribution in [3.63, 3.8) is 0 Å². The number of hydrogen-bond donors (Lipinski definition) is 0. The molecule has 2 heterocycles. The number of benzene rings is 3. The summed E-state index contributed by atoms with van der Waals surface area (Å²) < 4.78 is 13.7. The Morgan fingerprint density at radius 2 is 2.00 bits per heavy atom. The van der Waals surface area contributed by atoms with E-state index in [9.17, 15) is 4.79 Å². The molecule has 4 aromatic rings. The molecular formula is C33H37N4O3Si. The molecule has 2 atom stereocenters. The van der Waals surface area contributed by atoms with Gasteiger partial charge in [0, 0.05) is 37.7 Å². The zero-order chi connectivity index (χ0) is 28.9. The Labute approximate surface area is 245 Å². The summed E-state index contributed by atoms with van der Waals surface area (Å²) in [7, 11) is 5.61. The highest BCUT2D eigenvalue weighted by Crippen LogP contribution is 2.43. The van der Waals surface area contributed by atoms with Gasteiger partial charge in [-0.2, -0.15) is 0 Å². The largest absolute Gasteiger partial charge is 0.486 e. The summed E-state index contributed by atoms with van der Waals surface area (Å²) in [4.78, 5) is 15.5. The molecule has 8 heteroatoms. The monoisotopic (exact) mass is 565 g/mol. The zero-order valence-electron chi connectivity index (χ0n) is 24.5. The number of esters is 1. The molecular weight excluding hydrogens is 528 g/mol. The topological polar surface area (TPSA) is 69.5 Å². The van der Waals surface area contributed by atoms with Gasteiger partial charge in [0.25, 0.3) is 0 Å². The molecule has 41 heavy (non-hydrogen) atoms. The second-order valence-electron chi connectivity index (χ2n) is 12.0. The van der Waals surface area contributed by atoms with Crippen LogP contribution in [0.5, 0.6) is 5.75 Å². The molecule has 0 saturated carbocycles. The maximum atomic E-state index is 12.9. The first-order chi connectivity index (χ1) is 19.6. The van der Waals surface area contributed by atoms with Crippen molar-refractivity contribution in [2.45, 2.75) is 71.1 Å². The number of hydrogen-bond acceptors (Lipinski definition) is 6. The summed E-state index contributed by atoms with van der Waals surface area (Å²) in [6, 6.07) is 17.5. The van der Waals surface area contributed by atoms with Crippen LogP contribution in [-0.4, -0.2) is 54.9 Å². The van der Waals surface area contributed by atoms with Gasteiger partial charge >= 0.3 is 5.97 Å². The van der Waals surface area contributed by atoms with Gasteiger partial charge in [-0.3, -0.25) is 9.69 Å². The summed E-state index contributed by atoms with van der Waals surface area (Å²) >= 11 is 0. The predicted octanol–water partition coefficient (Wildman–Crippen LogP) is 4.82. The molecule has 0 fully saturated rings. The van der Waals surface area contributed by atoms with Crippen LogP contribution in [0, 0.1) is 6.92 Å². The van der Waals surface area contributed by atoms with E-state index in [2.05, 4.69) is 88.7 Å². The Balaban J connectivity index is 1.40. The Kier molecular flexibility index (Phi) is 7.24. The van der Waals surface area contributed by atoms with Crippen molar-refractivity contribution in [1.29, 1.82) is 0 Å². The standard InChI is InChI=1S/C33H37N4O3Si/c1-6-39-31(38)17-26(25-11-13-29-32(20(25)2)34-35-36(29)5)22-8-7-21-9-12-28(27(21)16-22)37-18-23-15-24(41)10-14-30(23)40-33(3,4)19-37/h7-8,10-11,13-16,26,28H,6,9,12,17-19H2,1-5H3. The van der Waals surface area contributed by atoms with Gasteiger partial charge in [0.1, 0.15) is 16.9 Å². The molecule has 1 aliphatic carbocycles. The van der Waals surface area contributed by atoms with E-state index in [4.69, 9.17) is 9.47 Å². The van der Waals surface area contributed by atoms with Crippen LogP contribution in [0.1, 0.15) is 79.0 Å². The summed E-state index contributed by atoms with van der Waals surface area (Å²) in [6.07, 6.45) is 2.37. The van der Waals surface area contributed by atoms with Crippen molar-refractivity contribution in [2.24, 2.45) is 7.05 Å². The van der Waals surface area contributed by atoms with E-state index in [1.165, 1.54) is 16.7 Å². The maximum absolute atomic E-state index is 12.9. The van der Waals surface area contributed by atoms with Crippen LogP contribution in [0.3, 0.4) is 0 Å². The summed E-state index contributed by atoms with van der Waals surface area (Å²) in [5.41, 5.74) is 8.72. The molecule has 3 radical (unpaired) electrons. The normalized spacial score (nSPS) is 18.8. The first-order valence-corrected chi connectivity index (χ1v) is 15.0. The minimum Gasteiger partial charge on any atom is -0.486 e. The van der Waals surface area contributed by atoms with Crippen LogP contribution in [0.2, 0.25) is 0 Å². The second-order valence-corrected chi connectivity index (χ2v) is 12.6. The molecule has 0 N–H and O–H groups in total. The highest BCUT2D eigenvalue weighted by atomic mass is 28.1. The summed E-state index contributed by atoms with van der Waals surface area (Å²) in [5, 5.41) is 9.70. The number of carbonyl (C=O) groups is 1. The van der Waals surface area contributed by atoms with E-state index in [0.29, 0.717) is 6.61 Å². The molecule has 0 bridgehead atoms. The fraction of sp³-hybridized carbons (Fsp3) is 0.424. The molecule has 0 saturated heterocycles. The SMILES string of the molecule is CCOC(=O)CC(c1ccc2c(c1)C(N1Cc3cc([Si])ccc3OC(C)(C)C1)CC2)c1ccc2c(nnn2C)c1C. The van der Waals surface area contributed by atoms with E-state index in [1.807, 2.05) is 20.0 Å². The third-order valence-corrected chi connectivity index (χ3v) is 8.90. The predicted molar refractivity (Wildman–Crippen MR) is 161 cm³/mol. The number of aromatic nitrogens is 3. The van der Waals surface area contributed by atoms with Crippen LogP contribution in [-0.2, 0) is 29.5 Å². The number of fused-ring (bicyclic) bond motifs is 3. The molecule has 0 spiro atoms. The molecule has 1 aliphatic heterocycles. The van der Waals surface area contributed by atoms with E-state index >= 15 is 0 Å². The Morgan fingerprint density at radius 1 is 1.17 bits per heavy atom. The molecule has 3 aromatic carbocycles. The minimum atomic E-state index is -0.325. The van der Waals surface area contributed by atoms with Crippen LogP contribution >= 0.6 is 0 Å². The van der Waals surface area contributed by atoms with E-state index in [-0.39, 0.29) is 30.0 Å².